The molecule has 0 unspecified atom stereocenters. The van der Waals surface area contributed by atoms with Crippen molar-refractivity contribution in [3.05, 3.63) is 60.4 Å². The van der Waals surface area contributed by atoms with Gasteiger partial charge in [-0.05, 0) is 49.1 Å². The highest BCUT2D eigenvalue weighted by atomic mass is 16.1. The molecule has 0 saturated carbocycles. The monoisotopic (exact) mass is 346 g/mol. The summed E-state index contributed by atoms with van der Waals surface area (Å²) in [6, 6.07) is 13.4. The number of hydrogen-bond donors (Lipinski definition) is 1. The first-order chi connectivity index (χ1) is 12.7. The maximum absolute atomic E-state index is 12.5. The van der Waals surface area contributed by atoms with Gasteiger partial charge in [0, 0.05) is 36.6 Å². The van der Waals surface area contributed by atoms with Crippen LogP contribution in [0.4, 0.5) is 11.5 Å². The summed E-state index contributed by atoms with van der Waals surface area (Å²) >= 11 is 0. The smallest absolute Gasteiger partial charge is 0.257 e. The van der Waals surface area contributed by atoms with Gasteiger partial charge in [0.25, 0.3) is 5.91 Å². The molecule has 1 saturated heterocycles. The lowest BCUT2D eigenvalue weighted by Gasteiger charge is -2.31. The van der Waals surface area contributed by atoms with Crippen molar-refractivity contribution in [2.75, 3.05) is 23.3 Å². The van der Waals surface area contributed by atoms with Crippen molar-refractivity contribution in [1.82, 2.24) is 9.97 Å². The predicted octanol–water partition coefficient (Wildman–Crippen LogP) is 4.12. The van der Waals surface area contributed by atoms with Gasteiger partial charge in [0.1, 0.15) is 5.82 Å². The average Bonchev–Trinajstić information content (AvgIpc) is 2.68. The maximum atomic E-state index is 12.5. The molecule has 132 valence electrons. The zero-order valence-corrected chi connectivity index (χ0v) is 14.9. The number of fused-ring (bicyclic) bond motifs is 1. The van der Waals surface area contributed by atoms with E-state index in [9.17, 15) is 4.79 Å². The van der Waals surface area contributed by atoms with Gasteiger partial charge < -0.3 is 10.2 Å². The lowest BCUT2D eigenvalue weighted by molar-refractivity contribution is 0.102. The van der Waals surface area contributed by atoms with E-state index in [4.69, 9.17) is 0 Å². The van der Waals surface area contributed by atoms with Gasteiger partial charge in [0.15, 0.2) is 0 Å². The fourth-order valence-corrected chi connectivity index (χ4v) is 3.29. The van der Waals surface area contributed by atoms with Crippen LogP contribution in [0.3, 0.4) is 0 Å². The van der Waals surface area contributed by atoms with Crippen LogP contribution in [0, 0.1) is 5.92 Å². The van der Waals surface area contributed by atoms with Crippen molar-refractivity contribution in [1.29, 1.82) is 0 Å². The summed E-state index contributed by atoms with van der Waals surface area (Å²) in [5.74, 6) is 1.57. The number of amides is 1. The highest BCUT2D eigenvalue weighted by molar-refractivity contribution is 6.04. The normalized spacial score (nSPS) is 15.2. The lowest BCUT2D eigenvalue weighted by atomic mass is 9.99. The fraction of sp³-hybridized carbons (Fsp3) is 0.286. The number of aromatic nitrogens is 2. The molecule has 0 atom stereocenters. The standard InChI is InChI=1S/C21H22N4O/c1-15-8-11-25(12-9-15)20-7-5-17(14-23-20)21(26)24-18-6-4-16-3-2-10-22-19(16)13-18/h2-7,10,13-15H,8-9,11-12H2,1H3,(H,24,26). The topological polar surface area (TPSA) is 58.1 Å². The van der Waals surface area contributed by atoms with Gasteiger partial charge in [-0.1, -0.05) is 19.1 Å². The third-order valence-electron chi connectivity index (χ3n) is 4.98. The molecule has 26 heavy (non-hydrogen) atoms. The van der Waals surface area contributed by atoms with E-state index >= 15 is 0 Å². The second-order valence-electron chi connectivity index (χ2n) is 6.94. The number of rotatable bonds is 3. The van der Waals surface area contributed by atoms with Crippen LogP contribution in [0.15, 0.2) is 54.9 Å². The molecule has 1 aliphatic rings. The lowest BCUT2D eigenvalue weighted by Crippen LogP contribution is -2.33. The van der Waals surface area contributed by atoms with Crippen LogP contribution in [0.5, 0.6) is 0 Å². The molecule has 0 aliphatic carbocycles. The third kappa shape index (κ3) is 3.52. The minimum Gasteiger partial charge on any atom is -0.357 e. The van der Waals surface area contributed by atoms with Gasteiger partial charge in [-0.15, -0.1) is 0 Å². The van der Waals surface area contributed by atoms with Gasteiger partial charge in [0.05, 0.1) is 11.1 Å². The SMILES string of the molecule is CC1CCN(c2ccc(C(=O)Nc3ccc4cccnc4c3)cn2)CC1. The van der Waals surface area contributed by atoms with Crippen LogP contribution < -0.4 is 10.2 Å². The highest BCUT2D eigenvalue weighted by Crippen LogP contribution is 2.22. The van der Waals surface area contributed by atoms with Crippen LogP contribution in [-0.2, 0) is 0 Å². The number of piperidine rings is 1. The molecule has 5 heteroatoms. The van der Waals surface area contributed by atoms with E-state index in [0.29, 0.717) is 5.56 Å². The molecule has 4 rings (SSSR count). The Morgan fingerprint density at radius 2 is 1.96 bits per heavy atom. The Morgan fingerprint density at radius 1 is 1.12 bits per heavy atom. The van der Waals surface area contributed by atoms with E-state index in [1.54, 1.807) is 12.4 Å². The highest BCUT2D eigenvalue weighted by Gasteiger charge is 2.17. The molecule has 5 nitrogen and oxygen atoms in total. The molecule has 1 aromatic carbocycles. The molecular formula is C21H22N4O. The Hall–Kier alpha value is -2.95. The van der Waals surface area contributed by atoms with E-state index in [1.807, 2.05) is 42.5 Å². The predicted molar refractivity (Wildman–Crippen MR) is 105 cm³/mol. The van der Waals surface area contributed by atoms with Crippen LogP contribution in [0.1, 0.15) is 30.1 Å². The minimum atomic E-state index is -0.161. The molecule has 0 radical (unpaired) electrons. The molecule has 0 bridgehead atoms. The molecule has 1 aliphatic heterocycles. The Bertz CT molecular complexity index is 915. The number of carbonyl (C=O) groups is 1. The number of anilines is 2. The Balaban J connectivity index is 1.45. The van der Waals surface area contributed by atoms with Crippen molar-refractivity contribution >= 4 is 28.3 Å². The van der Waals surface area contributed by atoms with Crippen LogP contribution >= 0.6 is 0 Å². The third-order valence-corrected chi connectivity index (χ3v) is 4.98. The van der Waals surface area contributed by atoms with Crippen molar-refractivity contribution in [3.8, 4) is 0 Å². The summed E-state index contributed by atoms with van der Waals surface area (Å²) in [5.41, 5.74) is 2.15. The van der Waals surface area contributed by atoms with Crippen LogP contribution in [0.25, 0.3) is 10.9 Å². The quantitative estimate of drug-likeness (QED) is 0.775. The molecule has 1 N–H and O–H groups in total. The van der Waals surface area contributed by atoms with Crippen LogP contribution in [0.2, 0.25) is 0 Å². The average molecular weight is 346 g/mol. The molecule has 1 amide bonds. The summed E-state index contributed by atoms with van der Waals surface area (Å²) < 4.78 is 0. The molecule has 3 aromatic rings. The number of nitrogens with one attached hydrogen (secondary N) is 1. The first-order valence-electron chi connectivity index (χ1n) is 9.06. The largest absolute Gasteiger partial charge is 0.357 e. The van der Waals surface area contributed by atoms with Gasteiger partial charge in [-0.25, -0.2) is 4.98 Å². The van der Waals surface area contributed by atoms with Gasteiger partial charge in [-0.2, -0.15) is 0 Å². The van der Waals surface area contributed by atoms with Crippen molar-refractivity contribution in [3.63, 3.8) is 0 Å². The molecule has 2 aromatic heterocycles. The summed E-state index contributed by atoms with van der Waals surface area (Å²) in [5, 5.41) is 3.97. The molecule has 1 fully saturated rings. The fourth-order valence-electron chi connectivity index (χ4n) is 3.29. The molecule has 0 spiro atoms. The Kier molecular flexibility index (Phi) is 4.52. The van der Waals surface area contributed by atoms with Crippen molar-refractivity contribution in [2.45, 2.75) is 19.8 Å². The van der Waals surface area contributed by atoms with Crippen LogP contribution in [-0.4, -0.2) is 29.0 Å². The van der Waals surface area contributed by atoms with Gasteiger partial charge in [0.2, 0.25) is 0 Å². The Labute approximate surface area is 153 Å². The van der Waals surface area contributed by atoms with E-state index in [-0.39, 0.29) is 5.91 Å². The van der Waals surface area contributed by atoms with E-state index < -0.39 is 0 Å². The molecule has 3 heterocycles. The zero-order chi connectivity index (χ0) is 17.9. The first kappa shape index (κ1) is 16.5. The number of carbonyl (C=O) groups excluding carboxylic acids is 1. The maximum Gasteiger partial charge on any atom is 0.257 e. The second-order valence-corrected chi connectivity index (χ2v) is 6.94. The zero-order valence-electron chi connectivity index (χ0n) is 14.9. The summed E-state index contributed by atoms with van der Waals surface area (Å²) in [6.45, 7) is 4.36. The minimum absolute atomic E-state index is 0.161. The van der Waals surface area contributed by atoms with Crippen molar-refractivity contribution in [2.24, 2.45) is 5.92 Å². The first-order valence-corrected chi connectivity index (χ1v) is 9.06. The summed E-state index contributed by atoms with van der Waals surface area (Å²) in [6.07, 6.45) is 5.79. The molecular weight excluding hydrogens is 324 g/mol. The number of nitrogens with zero attached hydrogens (tertiary/aromatic N) is 3. The summed E-state index contributed by atoms with van der Waals surface area (Å²) in [4.78, 5) is 23.6. The van der Waals surface area contributed by atoms with E-state index in [0.717, 1.165) is 41.4 Å². The second kappa shape index (κ2) is 7.12. The van der Waals surface area contributed by atoms with E-state index in [1.165, 1.54) is 12.8 Å². The number of hydrogen-bond acceptors (Lipinski definition) is 4. The van der Waals surface area contributed by atoms with Crippen molar-refractivity contribution < 1.29 is 4.79 Å². The number of benzene rings is 1. The van der Waals surface area contributed by atoms with E-state index in [2.05, 4.69) is 27.1 Å². The number of pyridine rings is 2. The summed E-state index contributed by atoms with van der Waals surface area (Å²) in [7, 11) is 0. The van der Waals surface area contributed by atoms with Gasteiger partial charge >= 0.3 is 0 Å². The van der Waals surface area contributed by atoms with Gasteiger partial charge in [-0.3, -0.25) is 9.78 Å². The Morgan fingerprint density at radius 3 is 2.73 bits per heavy atom.